The smallest absolute Gasteiger partial charge is 0.387 e. The van der Waals surface area contributed by atoms with Gasteiger partial charge in [0.1, 0.15) is 11.8 Å². The summed E-state index contributed by atoms with van der Waals surface area (Å²) >= 11 is 1.64. The fourth-order valence-corrected chi connectivity index (χ4v) is 4.78. The van der Waals surface area contributed by atoms with E-state index < -0.39 is 12.7 Å². The minimum absolute atomic E-state index is 0.0220. The molecule has 0 spiro atoms. The van der Waals surface area contributed by atoms with Crippen molar-refractivity contribution in [2.45, 2.75) is 50.3 Å². The maximum Gasteiger partial charge on any atom is 0.387 e. The van der Waals surface area contributed by atoms with Gasteiger partial charge in [-0.25, -0.2) is 0 Å². The van der Waals surface area contributed by atoms with E-state index in [0.717, 1.165) is 12.0 Å². The second-order valence-electron chi connectivity index (χ2n) is 6.44. The zero-order valence-electron chi connectivity index (χ0n) is 14.0. The van der Waals surface area contributed by atoms with Crippen LogP contribution in [0.25, 0.3) is 0 Å². The molecule has 1 N–H and O–H groups in total. The number of hydrogen-bond donors (Lipinski definition) is 1. The molecule has 2 heterocycles. The number of ether oxygens (including phenoxy) is 1. The average molecular weight is 370 g/mol. The Morgan fingerprint density at radius 1 is 1.40 bits per heavy atom. The highest BCUT2D eigenvalue weighted by Gasteiger charge is 2.52. The standard InChI is InChI=1S/C17H20F2N2O3S/c1-10(11-3-5-12(6-4-11)24-16(18)19)20-15(23)13-9-25-17(2)8-7-14(22)21(13)17/h3-6,10,13,16H,7-9H2,1-2H3,(H,20,23). The van der Waals surface area contributed by atoms with Gasteiger partial charge in [-0.3, -0.25) is 9.59 Å². The third kappa shape index (κ3) is 3.58. The van der Waals surface area contributed by atoms with Crippen LogP contribution >= 0.6 is 11.8 Å². The van der Waals surface area contributed by atoms with Gasteiger partial charge in [-0.15, -0.1) is 11.8 Å². The first kappa shape index (κ1) is 18.0. The summed E-state index contributed by atoms with van der Waals surface area (Å²) < 4.78 is 28.7. The number of carbonyl (C=O) groups excluding carboxylic acids is 2. The van der Waals surface area contributed by atoms with E-state index in [-0.39, 0.29) is 28.5 Å². The molecule has 2 saturated heterocycles. The largest absolute Gasteiger partial charge is 0.435 e. The number of amides is 2. The van der Waals surface area contributed by atoms with Gasteiger partial charge in [0.2, 0.25) is 11.8 Å². The minimum atomic E-state index is -2.87. The third-order valence-electron chi connectivity index (χ3n) is 4.71. The van der Waals surface area contributed by atoms with Crippen molar-refractivity contribution in [3.8, 4) is 5.75 Å². The van der Waals surface area contributed by atoms with Gasteiger partial charge in [0.25, 0.3) is 0 Å². The molecule has 1 aromatic carbocycles. The Bertz CT molecular complexity index is 670. The van der Waals surface area contributed by atoms with Gasteiger partial charge in [-0.2, -0.15) is 8.78 Å². The van der Waals surface area contributed by atoms with Crippen LogP contribution in [-0.2, 0) is 9.59 Å². The van der Waals surface area contributed by atoms with Crippen molar-refractivity contribution < 1.29 is 23.1 Å². The summed E-state index contributed by atoms with van der Waals surface area (Å²) in [6.07, 6.45) is 1.25. The summed E-state index contributed by atoms with van der Waals surface area (Å²) in [6, 6.07) is 5.39. The van der Waals surface area contributed by atoms with Crippen LogP contribution in [-0.4, -0.2) is 40.0 Å². The molecule has 5 nitrogen and oxygen atoms in total. The molecule has 2 aliphatic heterocycles. The molecule has 1 aromatic rings. The summed E-state index contributed by atoms with van der Waals surface area (Å²) in [7, 11) is 0. The Balaban J connectivity index is 1.64. The minimum Gasteiger partial charge on any atom is -0.435 e. The molecule has 3 unspecified atom stereocenters. The summed E-state index contributed by atoms with van der Waals surface area (Å²) in [5, 5.41) is 2.91. The Hall–Kier alpha value is -1.83. The lowest BCUT2D eigenvalue weighted by atomic mass is 10.1. The van der Waals surface area contributed by atoms with E-state index in [0.29, 0.717) is 12.2 Å². The zero-order chi connectivity index (χ0) is 18.2. The van der Waals surface area contributed by atoms with E-state index in [1.165, 1.54) is 12.1 Å². The zero-order valence-corrected chi connectivity index (χ0v) is 14.8. The lowest BCUT2D eigenvalue weighted by Crippen LogP contribution is -2.50. The van der Waals surface area contributed by atoms with Gasteiger partial charge in [-0.1, -0.05) is 12.1 Å². The fraction of sp³-hybridized carbons (Fsp3) is 0.529. The van der Waals surface area contributed by atoms with Crippen LogP contribution in [0.1, 0.15) is 38.3 Å². The van der Waals surface area contributed by atoms with E-state index in [2.05, 4.69) is 10.1 Å². The molecule has 2 fully saturated rings. The second-order valence-corrected chi connectivity index (χ2v) is 7.94. The molecule has 0 bridgehead atoms. The normalized spacial score (nSPS) is 26.7. The number of alkyl halides is 2. The van der Waals surface area contributed by atoms with Crippen LogP contribution in [0.5, 0.6) is 5.75 Å². The number of fused-ring (bicyclic) bond motifs is 1. The highest BCUT2D eigenvalue weighted by molar-refractivity contribution is 8.01. The molecule has 0 aromatic heterocycles. The molecule has 0 aliphatic carbocycles. The summed E-state index contributed by atoms with van der Waals surface area (Å²) in [5.74, 6) is 0.491. The van der Waals surface area contributed by atoms with Gasteiger partial charge < -0.3 is 15.0 Å². The molecule has 8 heteroatoms. The predicted molar refractivity (Wildman–Crippen MR) is 90.4 cm³/mol. The highest BCUT2D eigenvalue weighted by Crippen LogP contribution is 2.47. The Kier molecular flexibility index (Phi) is 4.90. The number of hydrogen-bond acceptors (Lipinski definition) is 4. The van der Waals surface area contributed by atoms with Crippen LogP contribution in [0, 0.1) is 0 Å². The van der Waals surface area contributed by atoms with Gasteiger partial charge in [-0.05, 0) is 38.0 Å². The van der Waals surface area contributed by atoms with Crippen molar-refractivity contribution in [1.29, 1.82) is 0 Å². The van der Waals surface area contributed by atoms with Crippen LogP contribution in [0.3, 0.4) is 0 Å². The van der Waals surface area contributed by atoms with Crippen molar-refractivity contribution in [3.05, 3.63) is 29.8 Å². The van der Waals surface area contributed by atoms with Crippen LogP contribution in [0.15, 0.2) is 24.3 Å². The first-order valence-corrected chi connectivity index (χ1v) is 9.10. The van der Waals surface area contributed by atoms with Crippen LogP contribution in [0.4, 0.5) is 8.78 Å². The summed E-state index contributed by atoms with van der Waals surface area (Å²) in [4.78, 5) is 26.2. The number of carbonyl (C=O) groups is 2. The quantitative estimate of drug-likeness (QED) is 0.866. The van der Waals surface area contributed by atoms with Crippen molar-refractivity contribution in [2.75, 3.05) is 5.75 Å². The van der Waals surface area contributed by atoms with Gasteiger partial charge >= 0.3 is 6.61 Å². The third-order valence-corrected chi connectivity index (χ3v) is 6.22. The predicted octanol–water partition coefficient (Wildman–Crippen LogP) is 2.92. The SMILES string of the molecule is CC(NC(=O)C1CSC2(C)CCC(=O)N12)c1ccc(OC(F)F)cc1. The molecule has 3 atom stereocenters. The summed E-state index contributed by atoms with van der Waals surface area (Å²) in [5.41, 5.74) is 0.774. The van der Waals surface area contributed by atoms with Crippen molar-refractivity contribution in [2.24, 2.45) is 0 Å². The molecule has 3 rings (SSSR count). The maximum atomic E-state index is 12.6. The number of benzene rings is 1. The molecule has 25 heavy (non-hydrogen) atoms. The fourth-order valence-electron chi connectivity index (χ4n) is 3.35. The number of rotatable bonds is 5. The molecule has 2 aliphatic rings. The molecule has 0 radical (unpaired) electrons. The monoisotopic (exact) mass is 370 g/mol. The lowest BCUT2D eigenvalue weighted by Gasteiger charge is -2.30. The molecule has 2 amide bonds. The molecular formula is C17H20F2N2O3S. The van der Waals surface area contributed by atoms with Crippen molar-refractivity contribution in [1.82, 2.24) is 10.2 Å². The molecule has 136 valence electrons. The van der Waals surface area contributed by atoms with Crippen LogP contribution < -0.4 is 10.1 Å². The number of nitrogens with zero attached hydrogens (tertiary/aromatic N) is 1. The maximum absolute atomic E-state index is 12.6. The lowest BCUT2D eigenvalue weighted by molar-refractivity contribution is -0.138. The summed E-state index contributed by atoms with van der Waals surface area (Å²) in [6.45, 7) is 0.949. The van der Waals surface area contributed by atoms with Crippen LogP contribution in [0.2, 0.25) is 0 Å². The number of thioether (sulfide) groups is 1. The van der Waals surface area contributed by atoms with E-state index in [1.54, 1.807) is 28.8 Å². The average Bonchev–Trinajstić information content (AvgIpc) is 3.04. The van der Waals surface area contributed by atoms with Gasteiger partial charge in [0.05, 0.1) is 10.9 Å². The highest BCUT2D eigenvalue weighted by atomic mass is 32.2. The molecular weight excluding hydrogens is 350 g/mol. The van der Waals surface area contributed by atoms with E-state index in [9.17, 15) is 18.4 Å². The first-order valence-electron chi connectivity index (χ1n) is 8.11. The van der Waals surface area contributed by atoms with Crippen molar-refractivity contribution >= 4 is 23.6 Å². The van der Waals surface area contributed by atoms with Gasteiger partial charge in [0.15, 0.2) is 0 Å². The number of halogens is 2. The van der Waals surface area contributed by atoms with E-state index in [1.807, 2.05) is 13.8 Å². The molecule has 0 saturated carbocycles. The second kappa shape index (κ2) is 6.82. The number of nitrogens with one attached hydrogen (secondary N) is 1. The Morgan fingerprint density at radius 3 is 2.72 bits per heavy atom. The Labute approximate surface area is 149 Å². The van der Waals surface area contributed by atoms with Gasteiger partial charge in [0, 0.05) is 12.2 Å². The Morgan fingerprint density at radius 2 is 2.08 bits per heavy atom. The first-order chi connectivity index (χ1) is 11.8. The van der Waals surface area contributed by atoms with E-state index in [4.69, 9.17) is 0 Å². The van der Waals surface area contributed by atoms with E-state index >= 15 is 0 Å². The van der Waals surface area contributed by atoms with Crippen molar-refractivity contribution in [3.63, 3.8) is 0 Å². The topological polar surface area (TPSA) is 58.6 Å².